The molecule has 0 saturated carbocycles. The Morgan fingerprint density at radius 2 is 2.00 bits per heavy atom. The summed E-state index contributed by atoms with van der Waals surface area (Å²) in [5, 5.41) is 2.86. The van der Waals surface area contributed by atoms with Gasteiger partial charge in [0, 0.05) is 26.7 Å². The number of methoxy groups -OCH3 is 1. The quantitative estimate of drug-likeness (QED) is 0.755. The molecule has 1 amide bonds. The monoisotopic (exact) mass is 315 g/mol. The molecule has 0 aromatic heterocycles. The van der Waals surface area contributed by atoms with Gasteiger partial charge in [-0.1, -0.05) is 6.92 Å². The normalized spacial score (nSPS) is 18.1. The van der Waals surface area contributed by atoms with Crippen LogP contribution in [-0.2, 0) is 9.53 Å². The van der Waals surface area contributed by atoms with Gasteiger partial charge in [-0.05, 0) is 31.8 Å². The van der Waals surface area contributed by atoms with E-state index >= 15 is 0 Å². The summed E-state index contributed by atoms with van der Waals surface area (Å²) < 4.78 is 4.97. The topological polar surface area (TPSA) is 67.6 Å². The molecular formula is C12H27Cl2N3O2. The van der Waals surface area contributed by atoms with Crippen LogP contribution in [0.5, 0.6) is 0 Å². The molecule has 0 spiro atoms. The highest BCUT2D eigenvalue weighted by molar-refractivity contribution is 5.85. The van der Waals surface area contributed by atoms with Crippen LogP contribution in [0.3, 0.4) is 0 Å². The third-order valence-electron chi connectivity index (χ3n) is 3.39. The molecule has 1 fully saturated rings. The van der Waals surface area contributed by atoms with Crippen molar-refractivity contribution < 1.29 is 9.53 Å². The van der Waals surface area contributed by atoms with E-state index in [0.29, 0.717) is 6.54 Å². The van der Waals surface area contributed by atoms with Gasteiger partial charge in [0.2, 0.25) is 5.91 Å². The number of amides is 1. The van der Waals surface area contributed by atoms with Crippen LogP contribution >= 0.6 is 24.8 Å². The molecule has 19 heavy (non-hydrogen) atoms. The second-order valence-electron chi connectivity index (χ2n) is 4.78. The van der Waals surface area contributed by atoms with E-state index in [1.54, 1.807) is 0 Å². The molecule has 1 saturated heterocycles. The highest BCUT2D eigenvalue weighted by Crippen LogP contribution is 2.14. The number of nitrogens with one attached hydrogen (secondary N) is 1. The van der Waals surface area contributed by atoms with Gasteiger partial charge in [-0.25, -0.2) is 0 Å². The van der Waals surface area contributed by atoms with Gasteiger partial charge in [-0.3, -0.25) is 4.79 Å². The summed E-state index contributed by atoms with van der Waals surface area (Å²) in [6.45, 7) is 6.39. The average Bonchev–Trinajstić information content (AvgIpc) is 2.33. The minimum atomic E-state index is -0.517. The van der Waals surface area contributed by atoms with Crippen LogP contribution in [0.2, 0.25) is 0 Å². The predicted molar refractivity (Wildman–Crippen MR) is 82.2 cm³/mol. The predicted octanol–water partition coefficient (Wildman–Crippen LogP) is 0.652. The number of hydrogen-bond acceptors (Lipinski definition) is 4. The Balaban J connectivity index is 0. The van der Waals surface area contributed by atoms with Crippen LogP contribution in [0.4, 0.5) is 0 Å². The number of nitrogens with two attached hydrogens (primary N) is 1. The lowest BCUT2D eigenvalue weighted by atomic mass is 9.99. The summed E-state index contributed by atoms with van der Waals surface area (Å²) in [7, 11) is 1.50. The van der Waals surface area contributed by atoms with Gasteiger partial charge in [0.25, 0.3) is 0 Å². The molecule has 116 valence electrons. The van der Waals surface area contributed by atoms with Gasteiger partial charge in [-0.2, -0.15) is 0 Å². The first-order valence-electron chi connectivity index (χ1n) is 6.40. The Morgan fingerprint density at radius 1 is 1.42 bits per heavy atom. The van der Waals surface area contributed by atoms with Crippen LogP contribution in [0, 0.1) is 5.92 Å². The number of ether oxygens (including phenoxy) is 1. The summed E-state index contributed by atoms with van der Waals surface area (Å²) in [5.41, 5.74) is 5.42. The van der Waals surface area contributed by atoms with Crippen molar-refractivity contribution >= 4 is 30.7 Å². The number of carbonyl (C=O) groups excluding carboxylic acids is 1. The second-order valence-corrected chi connectivity index (χ2v) is 4.78. The van der Waals surface area contributed by atoms with Crippen LogP contribution in [0.1, 0.15) is 19.8 Å². The van der Waals surface area contributed by atoms with Crippen molar-refractivity contribution in [3.63, 3.8) is 0 Å². The van der Waals surface area contributed by atoms with Gasteiger partial charge in [-0.15, -0.1) is 24.8 Å². The number of halogens is 2. The maximum atomic E-state index is 11.6. The Labute approximate surface area is 128 Å². The molecule has 1 unspecified atom stereocenters. The van der Waals surface area contributed by atoms with E-state index in [4.69, 9.17) is 10.5 Å². The first kappa shape index (κ1) is 21.2. The first-order chi connectivity index (χ1) is 8.17. The van der Waals surface area contributed by atoms with Gasteiger partial charge >= 0.3 is 0 Å². The van der Waals surface area contributed by atoms with E-state index in [0.717, 1.165) is 25.6 Å². The fourth-order valence-electron chi connectivity index (χ4n) is 2.05. The van der Waals surface area contributed by atoms with Crippen molar-refractivity contribution in [1.29, 1.82) is 0 Å². The lowest BCUT2D eigenvalue weighted by Crippen LogP contribution is -2.44. The summed E-state index contributed by atoms with van der Waals surface area (Å²) >= 11 is 0. The van der Waals surface area contributed by atoms with Crippen molar-refractivity contribution in [3.8, 4) is 0 Å². The number of likely N-dealkylation sites (tertiary alicyclic amines) is 1. The molecule has 0 aromatic rings. The minimum Gasteiger partial charge on any atom is -0.370 e. The fourth-order valence-corrected chi connectivity index (χ4v) is 2.05. The highest BCUT2D eigenvalue weighted by atomic mass is 35.5. The summed E-state index contributed by atoms with van der Waals surface area (Å²) in [6, 6.07) is 0. The Hall–Kier alpha value is -0.0700. The maximum Gasteiger partial charge on any atom is 0.250 e. The van der Waals surface area contributed by atoms with Crippen molar-refractivity contribution in [2.24, 2.45) is 11.7 Å². The number of rotatable bonds is 6. The van der Waals surface area contributed by atoms with E-state index in [1.807, 2.05) is 0 Å². The second kappa shape index (κ2) is 11.7. The third-order valence-corrected chi connectivity index (χ3v) is 3.39. The molecule has 1 atom stereocenters. The van der Waals surface area contributed by atoms with Crippen molar-refractivity contribution in [2.75, 3.05) is 39.8 Å². The van der Waals surface area contributed by atoms with E-state index in [-0.39, 0.29) is 37.3 Å². The highest BCUT2D eigenvalue weighted by Gasteiger charge is 2.17. The smallest absolute Gasteiger partial charge is 0.250 e. The number of carbonyl (C=O) groups is 1. The standard InChI is InChI=1S/C12H25N3O2.2ClH/c1-10-3-6-15(7-4-10)8-5-14-12(16)11(9-13)17-2;;/h10-11H,3-9,13H2,1-2H3,(H,14,16);2*1H. The van der Waals surface area contributed by atoms with Crippen molar-refractivity contribution in [1.82, 2.24) is 10.2 Å². The molecule has 0 bridgehead atoms. The molecule has 1 heterocycles. The van der Waals surface area contributed by atoms with E-state index < -0.39 is 6.10 Å². The number of nitrogens with zero attached hydrogens (tertiary/aromatic N) is 1. The summed E-state index contributed by atoms with van der Waals surface area (Å²) in [5.74, 6) is 0.733. The van der Waals surface area contributed by atoms with Crippen LogP contribution in [-0.4, -0.2) is 56.7 Å². The van der Waals surface area contributed by atoms with Crippen molar-refractivity contribution in [2.45, 2.75) is 25.9 Å². The molecular weight excluding hydrogens is 289 g/mol. The van der Waals surface area contributed by atoms with Gasteiger partial charge in [0.05, 0.1) is 0 Å². The Bertz CT molecular complexity index is 233. The number of piperidine rings is 1. The minimum absolute atomic E-state index is 0. The van der Waals surface area contributed by atoms with Crippen LogP contribution < -0.4 is 11.1 Å². The number of hydrogen-bond donors (Lipinski definition) is 2. The lowest BCUT2D eigenvalue weighted by molar-refractivity contribution is -0.130. The van der Waals surface area contributed by atoms with Gasteiger partial charge < -0.3 is 20.7 Å². The molecule has 3 N–H and O–H groups in total. The van der Waals surface area contributed by atoms with E-state index in [9.17, 15) is 4.79 Å². The largest absolute Gasteiger partial charge is 0.370 e. The molecule has 0 aromatic carbocycles. The van der Waals surface area contributed by atoms with E-state index in [2.05, 4.69) is 17.1 Å². The SMILES string of the molecule is COC(CN)C(=O)NCCN1CCC(C)CC1.Cl.Cl. The Kier molecular flexibility index (Phi) is 13.1. The molecule has 5 nitrogen and oxygen atoms in total. The molecule has 1 aliphatic rings. The fraction of sp³-hybridized carbons (Fsp3) is 0.917. The summed E-state index contributed by atoms with van der Waals surface area (Å²) in [6.07, 6.45) is 2.01. The maximum absolute atomic E-state index is 11.6. The summed E-state index contributed by atoms with van der Waals surface area (Å²) in [4.78, 5) is 14.0. The van der Waals surface area contributed by atoms with Crippen LogP contribution in [0.25, 0.3) is 0 Å². The van der Waals surface area contributed by atoms with Crippen LogP contribution in [0.15, 0.2) is 0 Å². The van der Waals surface area contributed by atoms with Crippen molar-refractivity contribution in [3.05, 3.63) is 0 Å². The molecule has 1 aliphatic heterocycles. The average molecular weight is 316 g/mol. The van der Waals surface area contributed by atoms with Gasteiger partial charge in [0.1, 0.15) is 6.10 Å². The molecule has 0 aliphatic carbocycles. The molecule has 7 heteroatoms. The molecule has 0 radical (unpaired) electrons. The lowest BCUT2D eigenvalue weighted by Gasteiger charge is -2.30. The zero-order valence-corrected chi connectivity index (χ0v) is 13.4. The molecule has 1 rings (SSSR count). The first-order valence-corrected chi connectivity index (χ1v) is 6.40. The van der Waals surface area contributed by atoms with E-state index in [1.165, 1.54) is 20.0 Å². The van der Waals surface area contributed by atoms with Gasteiger partial charge in [0.15, 0.2) is 0 Å². The third kappa shape index (κ3) is 7.95. The zero-order valence-electron chi connectivity index (χ0n) is 11.8. The Morgan fingerprint density at radius 3 is 2.47 bits per heavy atom. The zero-order chi connectivity index (χ0) is 12.7.